The van der Waals surface area contributed by atoms with E-state index in [1.165, 1.54) is 0 Å². The van der Waals surface area contributed by atoms with Gasteiger partial charge in [-0.05, 0) is 33.6 Å². The second-order valence-corrected chi connectivity index (χ2v) is 6.30. The summed E-state index contributed by atoms with van der Waals surface area (Å²) in [6, 6.07) is 0.308. The van der Waals surface area contributed by atoms with E-state index in [4.69, 9.17) is 4.74 Å². The number of amides is 1. The Balaban J connectivity index is 1.89. The molecule has 0 radical (unpaired) electrons. The topological polar surface area (TPSA) is 53.0 Å². The Kier molecular flexibility index (Phi) is 5.41. The Hall–Kier alpha value is -0.650. The quantitative estimate of drug-likeness (QED) is 0.829. The highest BCUT2D eigenvalue weighted by Crippen LogP contribution is 2.24. The molecule has 0 bridgehead atoms. The van der Waals surface area contributed by atoms with E-state index in [0.29, 0.717) is 12.6 Å². The van der Waals surface area contributed by atoms with Crippen molar-refractivity contribution >= 4 is 5.91 Å². The fourth-order valence-electron chi connectivity index (χ4n) is 3.29. The van der Waals surface area contributed by atoms with Gasteiger partial charge in [-0.25, -0.2) is 0 Å². The van der Waals surface area contributed by atoms with Gasteiger partial charge >= 0.3 is 0 Å². The van der Waals surface area contributed by atoms with Crippen molar-refractivity contribution in [2.45, 2.75) is 51.9 Å². The fraction of sp³-hybridized carbons (Fsp3) is 0.933. The molecule has 4 unspecified atom stereocenters. The first-order valence-electron chi connectivity index (χ1n) is 7.81. The molecule has 2 saturated heterocycles. The predicted octanol–water partition coefficient (Wildman–Crippen LogP) is 0.715. The Labute approximate surface area is 121 Å². The van der Waals surface area contributed by atoms with Gasteiger partial charge in [-0.3, -0.25) is 9.69 Å². The second-order valence-electron chi connectivity index (χ2n) is 6.30. The third kappa shape index (κ3) is 3.71. The van der Waals surface area contributed by atoms with Gasteiger partial charge in [0.05, 0.1) is 18.1 Å². The van der Waals surface area contributed by atoms with Crippen molar-refractivity contribution < 1.29 is 14.6 Å². The first-order chi connectivity index (χ1) is 9.49. The maximum atomic E-state index is 12.6. The van der Waals surface area contributed by atoms with E-state index in [0.717, 1.165) is 39.1 Å². The molecule has 5 heteroatoms. The van der Waals surface area contributed by atoms with Crippen LogP contribution in [0.15, 0.2) is 0 Å². The summed E-state index contributed by atoms with van der Waals surface area (Å²) >= 11 is 0. The van der Waals surface area contributed by atoms with Gasteiger partial charge in [-0.15, -0.1) is 0 Å². The summed E-state index contributed by atoms with van der Waals surface area (Å²) in [7, 11) is 0. The highest BCUT2D eigenvalue weighted by atomic mass is 16.5. The van der Waals surface area contributed by atoms with Crippen LogP contribution in [0.25, 0.3) is 0 Å². The number of piperazine rings is 1. The molecule has 2 heterocycles. The number of aliphatic hydroxyl groups is 1. The van der Waals surface area contributed by atoms with E-state index < -0.39 is 0 Å². The zero-order valence-corrected chi connectivity index (χ0v) is 12.9. The SMILES string of the molecule is CC(O)CN1CCN(C(=O)C2CCCOC2C)CC1C. The van der Waals surface area contributed by atoms with Crippen LogP contribution in [0.1, 0.15) is 33.6 Å². The molecule has 0 aromatic carbocycles. The molecule has 1 N–H and O–H groups in total. The summed E-state index contributed by atoms with van der Waals surface area (Å²) in [4.78, 5) is 16.9. The normalized spacial score (nSPS) is 34.0. The van der Waals surface area contributed by atoms with Crippen molar-refractivity contribution in [3.63, 3.8) is 0 Å². The first-order valence-corrected chi connectivity index (χ1v) is 7.81. The van der Waals surface area contributed by atoms with E-state index in [2.05, 4.69) is 11.8 Å². The summed E-state index contributed by atoms with van der Waals surface area (Å²) in [6.07, 6.45) is 1.66. The number of hydrogen-bond acceptors (Lipinski definition) is 4. The van der Waals surface area contributed by atoms with Gasteiger partial charge in [-0.1, -0.05) is 0 Å². The van der Waals surface area contributed by atoms with Crippen LogP contribution >= 0.6 is 0 Å². The minimum atomic E-state index is -0.313. The van der Waals surface area contributed by atoms with Crippen LogP contribution in [0.3, 0.4) is 0 Å². The predicted molar refractivity (Wildman–Crippen MR) is 77.4 cm³/mol. The van der Waals surface area contributed by atoms with Crippen molar-refractivity contribution in [1.29, 1.82) is 0 Å². The lowest BCUT2D eigenvalue weighted by atomic mass is 9.93. The lowest BCUT2D eigenvalue weighted by Gasteiger charge is -2.42. The number of carbonyl (C=O) groups excluding carboxylic acids is 1. The van der Waals surface area contributed by atoms with Crippen LogP contribution < -0.4 is 0 Å². The average Bonchev–Trinajstić information content (AvgIpc) is 2.40. The molecule has 2 rings (SSSR count). The Morgan fingerprint density at radius 2 is 2.15 bits per heavy atom. The maximum absolute atomic E-state index is 12.6. The van der Waals surface area contributed by atoms with Crippen molar-refractivity contribution in [2.24, 2.45) is 5.92 Å². The molecule has 116 valence electrons. The number of hydrogen-bond donors (Lipinski definition) is 1. The number of rotatable bonds is 3. The second kappa shape index (κ2) is 6.87. The van der Waals surface area contributed by atoms with Crippen molar-refractivity contribution in [3.05, 3.63) is 0 Å². The van der Waals surface area contributed by atoms with Crippen LogP contribution in [0.4, 0.5) is 0 Å². The molecule has 0 aromatic rings. The molecule has 0 aliphatic carbocycles. The van der Waals surface area contributed by atoms with Crippen LogP contribution in [-0.2, 0) is 9.53 Å². The molecule has 5 nitrogen and oxygen atoms in total. The monoisotopic (exact) mass is 284 g/mol. The maximum Gasteiger partial charge on any atom is 0.228 e. The van der Waals surface area contributed by atoms with E-state index in [1.54, 1.807) is 0 Å². The molecule has 2 aliphatic heterocycles. The third-order valence-electron chi connectivity index (χ3n) is 4.50. The summed E-state index contributed by atoms with van der Waals surface area (Å²) in [5.41, 5.74) is 0. The molecule has 0 aromatic heterocycles. The molecule has 2 aliphatic rings. The van der Waals surface area contributed by atoms with Gasteiger partial charge in [0.25, 0.3) is 0 Å². The molecule has 1 amide bonds. The van der Waals surface area contributed by atoms with Crippen LogP contribution in [0.5, 0.6) is 0 Å². The number of aliphatic hydroxyl groups excluding tert-OH is 1. The van der Waals surface area contributed by atoms with Gasteiger partial charge in [0.1, 0.15) is 0 Å². The molecule has 0 saturated carbocycles. The van der Waals surface area contributed by atoms with E-state index in [9.17, 15) is 9.90 Å². The van der Waals surface area contributed by atoms with E-state index in [1.807, 2.05) is 18.7 Å². The average molecular weight is 284 g/mol. The standard InChI is InChI=1S/C15H28N2O3/c1-11-9-17(7-6-16(11)10-12(2)18)15(19)14-5-4-8-20-13(14)3/h11-14,18H,4-10H2,1-3H3. The molecule has 20 heavy (non-hydrogen) atoms. The van der Waals surface area contributed by atoms with Gasteiger partial charge in [0.2, 0.25) is 5.91 Å². The lowest BCUT2D eigenvalue weighted by molar-refractivity contribution is -0.147. The third-order valence-corrected chi connectivity index (χ3v) is 4.50. The number of ether oxygens (including phenoxy) is 1. The Morgan fingerprint density at radius 3 is 2.75 bits per heavy atom. The summed E-state index contributed by atoms with van der Waals surface area (Å²) in [5.74, 6) is 0.278. The smallest absolute Gasteiger partial charge is 0.228 e. The molecule has 0 spiro atoms. The summed E-state index contributed by atoms with van der Waals surface area (Å²) in [6.45, 7) is 9.78. The molecule has 2 fully saturated rings. The zero-order chi connectivity index (χ0) is 14.7. The number of β-amino-alcohol motifs (C(OH)–C–C–N with tert-alkyl or cyclic N) is 1. The van der Waals surface area contributed by atoms with Crippen LogP contribution in [0.2, 0.25) is 0 Å². The highest BCUT2D eigenvalue weighted by molar-refractivity contribution is 5.79. The fourth-order valence-corrected chi connectivity index (χ4v) is 3.29. The van der Waals surface area contributed by atoms with E-state index in [-0.39, 0.29) is 24.0 Å². The molecular weight excluding hydrogens is 256 g/mol. The van der Waals surface area contributed by atoms with Gasteiger partial charge in [0, 0.05) is 38.8 Å². The van der Waals surface area contributed by atoms with Gasteiger partial charge in [0.15, 0.2) is 0 Å². The zero-order valence-electron chi connectivity index (χ0n) is 12.9. The largest absolute Gasteiger partial charge is 0.392 e. The van der Waals surface area contributed by atoms with Crippen LogP contribution in [0, 0.1) is 5.92 Å². The van der Waals surface area contributed by atoms with E-state index >= 15 is 0 Å². The summed E-state index contributed by atoms with van der Waals surface area (Å²) < 4.78 is 5.61. The Morgan fingerprint density at radius 1 is 1.40 bits per heavy atom. The van der Waals surface area contributed by atoms with Crippen molar-refractivity contribution in [1.82, 2.24) is 9.80 Å². The first kappa shape index (κ1) is 15.7. The minimum Gasteiger partial charge on any atom is -0.392 e. The number of carbonyl (C=O) groups is 1. The lowest BCUT2D eigenvalue weighted by Crippen LogP contribution is -2.57. The molecular formula is C15H28N2O3. The van der Waals surface area contributed by atoms with Crippen molar-refractivity contribution in [3.8, 4) is 0 Å². The molecule has 4 atom stereocenters. The minimum absolute atomic E-state index is 0.0271. The van der Waals surface area contributed by atoms with Crippen LogP contribution in [-0.4, -0.2) is 71.8 Å². The highest BCUT2D eigenvalue weighted by Gasteiger charge is 2.35. The van der Waals surface area contributed by atoms with Gasteiger partial charge < -0.3 is 14.7 Å². The Bertz CT molecular complexity index is 335. The van der Waals surface area contributed by atoms with Gasteiger partial charge in [-0.2, -0.15) is 0 Å². The van der Waals surface area contributed by atoms with Crippen molar-refractivity contribution in [2.75, 3.05) is 32.8 Å². The summed E-state index contributed by atoms with van der Waals surface area (Å²) in [5, 5.41) is 9.50. The number of nitrogens with zero attached hydrogens (tertiary/aromatic N) is 2.